The molecule has 0 radical (unpaired) electrons. The van der Waals surface area contributed by atoms with E-state index in [1.807, 2.05) is 6.92 Å². The molecule has 0 fully saturated rings. The Hall–Kier alpha value is -2.11. The van der Waals surface area contributed by atoms with E-state index < -0.39 is 0 Å². The van der Waals surface area contributed by atoms with Gasteiger partial charge >= 0.3 is 0 Å². The number of H-pyrrole nitrogens is 1. The Bertz CT molecular complexity index is 474. The molecule has 0 spiro atoms. The van der Waals surface area contributed by atoms with Crippen LogP contribution in [0, 0.1) is 0 Å². The van der Waals surface area contributed by atoms with Gasteiger partial charge < -0.3 is 10.3 Å². The number of aromatic nitrogens is 4. The van der Waals surface area contributed by atoms with Gasteiger partial charge in [0.15, 0.2) is 0 Å². The molecule has 2 N–H and O–H groups in total. The summed E-state index contributed by atoms with van der Waals surface area (Å²) < 4.78 is 1.72. The monoisotopic (exact) mass is 233 g/mol. The minimum Gasteiger partial charge on any atom is -0.351 e. The third kappa shape index (κ3) is 2.93. The Balaban J connectivity index is 1.81. The van der Waals surface area contributed by atoms with Crippen molar-refractivity contribution in [2.75, 3.05) is 6.54 Å². The van der Waals surface area contributed by atoms with Crippen LogP contribution in [0.5, 0.6) is 0 Å². The van der Waals surface area contributed by atoms with Crippen molar-refractivity contribution < 1.29 is 4.79 Å². The summed E-state index contributed by atoms with van der Waals surface area (Å²) >= 11 is 0. The molecule has 0 aromatic carbocycles. The summed E-state index contributed by atoms with van der Waals surface area (Å²) in [6.45, 7) is 3.30. The highest BCUT2D eigenvalue weighted by molar-refractivity contribution is 5.93. The second kappa shape index (κ2) is 5.29. The molecule has 0 aliphatic carbocycles. The van der Waals surface area contributed by atoms with E-state index in [1.165, 1.54) is 0 Å². The van der Waals surface area contributed by atoms with Gasteiger partial charge in [0.1, 0.15) is 5.82 Å². The summed E-state index contributed by atoms with van der Waals surface area (Å²) in [6, 6.07) is 0. The molecule has 1 amide bonds. The van der Waals surface area contributed by atoms with Crippen LogP contribution >= 0.6 is 0 Å². The van der Waals surface area contributed by atoms with Crippen LogP contribution < -0.4 is 5.32 Å². The van der Waals surface area contributed by atoms with Crippen LogP contribution in [0.4, 0.5) is 0 Å². The lowest BCUT2D eigenvalue weighted by Gasteiger charge is -2.01. The average molecular weight is 233 g/mol. The number of hydrogen-bond donors (Lipinski definition) is 2. The Morgan fingerprint density at radius 3 is 3.12 bits per heavy atom. The van der Waals surface area contributed by atoms with Gasteiger partial charge in [-0.1, -0.05) is 0 Å². The molecule has 0 atom stereocenters. The molecule has 2 aromatic rings. The second-order valence-corrected chi connectivity index (χ2v) is 3.63. The topological polar surface area (TPSA) is 75.6 Å². The fourth-order valence-corrected chi connectivity index (χ4v) is 1.48. The van der Waals surface area contributed by atoms with Gasteiger partial charge in [0.25, 0.3) is 5.91 Å². The van der Waals surface area contributed by atoms with E-state index in [1.54, 1.807) is 29.5 Å². The van der Waals surface area contributed by atoms with Crippen molar-refractivity contribution in [3.05, 3.63) is 36.2 Å². The number of aromatic amines is 1. The van der Waals surface area contributed by atoms with Crippen LogP contribution in [-0.4, -0.2) is 32.2 Å². The fourth-order valence-electron chi connectivity index (χ4n) is 1.48. The molecule has 2 rings (SSSR count). The molecule has 0 saturated carbocycles. The lowest BCUT2D eigenvalue weighted by atomic mass is 10.3. The van der Waals surface area contributed by atoms with Gasteiger partial charge in [-0.3, -0.25) is 9.48 Å². The molecular weight excluding hydrogens is 218 g/mol. The molecular formula is C11H15N5O. The second-order valence-electron chi connectivity index (χ2n) is 3.63. The van der Waals surface area contributed by atoms with E-state index in [0.717, 1.165) is 12.4 Å². The van der Waals surface area contributed by atoms with Crippen molar-refractivity contribution in [1.82, 2.24) is 25.1 Å². The first-order valence-corrected chi connectivity index (χ1v) is 5.58. The zero-order valence-corrected chi connectivity index (χ0v) is 9.68. The van der Waals surface area contributed by atoms with Crippen molar-refractivity contribution in [1.29, 1.82) is 0 Å². The van der Waals surface area contributed by atoms with Crippen LogP contribution in [0.3, 0.4) is 0 Å². The normalized spacial score (nSPS) is 10.4. The number of nitrogens with zero attached hydrogens (tertiary/aromatic N) is 3. The third-order valence-electron chi connectivity index (χ3n) is 2.42. The first kappa shape index (κ1) is 11.4. The van der Waals surface area contributed by atoms with Gasteiger partial charge in [0.2, 0.25) is 0 Å². The van der Waals surface area contributed by atoms with E-state index in [2.05, 4.69) is 20.4 Å². The maximum atomic E-state index is 11.7. The molecule has 0 unspecified atom stereocenters. The van der Waals surface area contributed by atoms with E-state index in [0.29, 0.717) is 18.5 Å². The lowest BCUT2D eigenvalue weighted by molar-refractivity contribution is 0.0954. The zero-order chi connectivity index (χ0) is 12.1. The first-order valence-electron chi connectivity index (χ1n) is 5.58. The summed E-state index contributed by atoms with van der Waals surface area (Å²) in [5.74, 6) is 0.769. The van der Waals surface area contributed by atoms with Crippen molar-refractivity contribution in [2.45, 2.75) is 19.9 Å². The van der Waals surface area contributed by atoms with E-state index in [9.17, 15) is 4.79 Å². The van der Waals surface area contributed by atoms with Crippen LogP contribution in [0.2, 0.25) is 0 Å². The highest BCUT2D eigenvalue weighted by Gasteiger charge is 2.07. The highest BCUT2D eigenvalue weighted by atomic mass is 16.1. The molecule has 2 heterocycles. The molecule has 17 heavy (non-hydrogen) atoms. The van der Waals surface area contributed by atoms with Gasteiger partial charge in [-0.2, -0.15) is 5.10 Å². The van der Waals surface area contributed by atoms with Gasteiger partial charge in [0.05, 0.1) is 11.8 Å². The maximum Gasteiger partial charge on any atom is 0.254 e. The molecule has 90 valence electrons. The molecule has 2 aromatic heterocycles. The van der Waals surface area contributed by atoms with Gasteiger partial charge in [-0.25, -0.2) is 4.98 Å². The quantitative estimate of drug-likeness (QED) is 0.794. The first-order chi connectivity index (χ1) is 8.29. The summed E-state index contributed by atoms with van der Waals surface area (Å²) in [5.41, 5.74) is 0.589. The SMILES string of the molecule is CCn1cc(C(=O)NCCc2ncc[nH]2)cn1. The largest absolute Gasteiger partial charge is 0.351 e. The smallest absolute Gasteiger partial charge is 0.254 e. The van der Waals surface area contributed by atoms with Crippen molar-refractivity contribution in [2.24, 2.45) is 0 Å². The number of carbonyl (C=O) groups is 1. The zero-order valence-electron chi connectivity index (χ0n) is 9.68. The van der Waals surface area contributed by atoms with Crippen LogP contribution in [-0.2, 0) is 13.0 Å². The number of imidazole rings is 1. The van der Waals surface area contributed by atoms with Crippen molar-refractivity contribution >= 4 is 5.91 Å². The molecule has 6 nitrogen and oxygen atoms in total. The third-order valence-corrected chi connectivity index (χ3v) is 2.42. The van der Waals surface area contributed by atoms with Gasteiger partial charge in [-0.05, 0) is 6.92 Å². The van der Waals surface area contributed by atoms with Crippen molar-refractivity contribution in [3.8, 4) is 0 Å². The minimum atomic E-state index is -0.101. The molecule has 0 aliphatic rings. The Kier molecular flexibility index (Phi) is 3.54. The predicted octanol–water partition coefficient (Wildman–Crippen LogP) is 0.599. The van der Waals surface area contributed by atoms with Crippen molar-refractivity contribution in [3.63, 3.8) is 0 Å². The van der Waals surface area contributed by atoms with Gasteiger partial charge in [-0.15, -0.1) is 0 Å². The summed E-state index contributed by atoms with van der Waals surface area (Å²) in [7, 11) is 0. The van der Waals surface area contributed by atoms with Crippen LogP contribution in [0.1, 0.15) is 23.1 Å². The van der Waals surface area contributed by atoms with Crippen LogP contribution in [0.15, 0.2) is 24.8 Å². The standard InChI is InChI=1S/C11H15N5O/c1-2-16-8-9(7-15-16)11(17)14-4-3-10-12-5-6-13-10/h5-8H,2-4H2,1H3,(H,12,13)(H,14,17). The predicted molar refractivity (Wildman–Crippen MR) is 62.5 cm³/mol. The summed E-state index contributed by atoms with van der Waals surface area (Å²) in [6.07, 6.45) is 7.47. The van der Waals surface area contributed by atoms with E-state index >= 15 is 0 Å². The van der Waals surface area contributed by atoms with E-state index in [-0.39, 0.29) is 5.91 Å². The number of aryl methyl sites for hydroxylation is 1. The Labute approximate surface area is 99.1 Å². The highest BCUT2D eigenvalue weighted by Crippen LogP contribution is 1.97. The fraction of sp³-hybridized carbons (Fsp3) is 0.364. The van der Waals surface area contributed by atoms with Gasteiger partial charge in [0, 0.05) is 38.1 Å². The maximum absolute atomic E-state index is 11.7. The number of rotatable bonds is 5. The Morgan fingerprint density at radius 2 is 2.47 bits per heavy atom. The van der Waals surface area contributed by atoms with E-state index in [4.69, 9.17) is 0 Å². The minimum absolute atomic E-state index is 0.101. The molecule has 0 aliphatic heterocycles. The number of nitrogens with one attached hydrogen (secondary N) is 2. The summed E-state index contributed by atoms with van der Waals surface area (Å²) in [5, 5.41) is 6.87. The molecule has 0 saturated heterocycles. The molecule has 0 bridgehead atoms. The number of amides is 1. The Morgan fingerprint density at radius 1 is 1.59 bits per heavy atom. The number of carbonyl (C=O) groups excluding carboxylic acids is 1. The molecule has 6 heteroatoms. The van der Waals surface area contributed by atoms with Crippen LogP contribution in [0.25, 0.3) is 0 Å². The average Bonchev–Trinajstić information content (AvgIpc) is 2.99. The summed E-state index contributed by atoms with van der Waals surface area (Å²) in [4.78, 5) is 18.8. The lowest BCUT2D eigenvalue weighted by Crippen LogP contribution is -2.25. The number of hydrogen-bond acceptors (Lipinski definition) is 3.